The van der Waals surface area contributed by atoms with Crippen molar-refractivity contribution in [3.63, 3.8) is 0 Å². The van der Waals surface area contributed by atoms with Crippen LogP contribution in [0.4, 0.5) is 8.78 Å². The topological polar surface area (TPSA) is 12.0 Å². The van der Waals surface area contributed by atoms with Gasteiger partial charge >= 0.3 is 0 Å². The third-order valence-electron chi connectivity index (χ3n) is 3.05. The summed E-state index contributed by atoms with van der Waals surface area (Å²) in [7, 11) is 0. The molecule has 2 aromatic rings. The zero-order valence-corrected chi connectivity index (χ0v) is 13.1. The molecule has 0 bridgehead atoms. The van der Waals surface area contributed by atoms with Gasteiger partial charge in [-0.3, -0.25) is 0 Å². The number of benzene rings is 2. The lowest BCUT2D eigenvalue weighted by molar-refractivity contribution is 0.542. The molecule has 0 fully saturated rings. The molecule has 1 nitrogen and oxygen atoms in total. The van der Waals surface area contributed by atoms with Crippen LogP contribution >= 0.6 is 27.5 Å². The first-order chi connectivity index (χ1) is 9.47. The predicted molar refractivity (Wildman–Crippen MR) is 80.8 cm³/mol. The summed E-state index contributed by atoms with van der Waals surface area (Å²) >= 11 is 9.06. The molecule has 5 heteroatoms. The van der Waals surface area contributed by atoms with E-state index in [9.17, 15) is 8.78 Å². The zero-order chi connectivity index (χ0) is 14.7. The Balaban J connectivity index is 2.06. The van der Waals surface area contributed by atoms with Crippen molar-refractivity contribution >= 4 is 27.5 Å². The predicted octanol–water partition coefficient (Wildman–Crippen LogP) is 5.23. The molecule has 0 heterocycles. The lowest BCUT2D eigenvalue weighted by atomic mass is 10.1. The van der Waals surface area contributed by atoms with Crippen molar-refractivity contribution in [1.82, 2.24) is 5.32 Å². The average molecular weight is 361 g/mol. The molecule has 1 unspecified atom stereocenters. The first kappa shape index (κ1) is 15.4. The van der Waals surface area contributed by atoms with E-state index in [1.54, 1.807) is 24.3 Å². The van der Waals surface area contributed by atoms with Crippen LogP contribution in [0, 0.1) is 11.6 Å². The Morgan fingerprint density at radius 3 is 2.55 bits per heavy atom. The van der Waals surface area contributed by atoms with Gasteiger partial charge in [0, 0.05) is 22.6 Å². The molecule has 0 aromatic heterocycles. The highest BCUT2D eigenvalue weighted by molar-refractivity contribution is 9.10. The minimum Gasteiger partial charge on any atom is -0.306 e. The van der Waals surface area contributed by atoms with E-state index in [0.29, 0.717) is 12.1 Å². The van der Waals surface area contributed by atoms with Crippen LogP contribution in [0.5, 0.6) is 0 Å². The lowest BCUT2D eigenvalue weighted by Gasteiger charge is -2.15. The van der Waals surface area contributed by atoms with E-state index >= 15 is 0 Å². The van der Waals surface area contributed by atoms with Gasteiger partial charge in [0.1, 0.15) is 11.6 Å². The van der Waals surface area contributed by atoms with Gasteiger partial charge in [-0.25, -0.2) is 8.78 Å². The smallest absolute Gasteiger partial charge is 0.141 e. The summed E-state index contributed by atoms with van der Waals surface area (Å²) in [4.78, 5) is 0. The molecule has 0 spiro atoms. The number of hydrogen-bond acceptors (Lipinski definition) is 1. The Hall–Kier alpha value is -0.970. The zero-order valence-electron chi connectivity index (χ0n) is 10.8. The summed E-state index contributed by atoms with van der Waals surface area (Å²) in [6.07, 6.45) is 0. The molecule has 0 saturated carbocycles. The van der Waals surface area contributed by atoms with Gasteiger partial charge in [-0.05, 0) is 42.8 Å². The minimum atomic E-state index is -0.444. The monoisotopic (exact) mass is 359 g/mol. The normalized spacial score (nSPS) is 12.4. The fourth-order valence-electron chi connectivity index (χ4n) is 1.84. The van der Waals surface area contributed by atoms with Gasteiger partial charge < -0.3 is 5.32 Å². The van der Waals surface area contributed by atoms with Gasteiger partial charge in [-0.15, -0.1) is 0 Å². The summed E-state index contributed by atoms with van der Waals surface area (Å²) in [6, 6.07) is 9.30. The van der Waals surface area contributed by atoms with Crippen molar-refractivity contribution in [3.8, 4) is 0 Å². The van der Waals surface area contributed by atoms with Gasteiger partial charge in [-0.2, -0.15) is 0 Å². The maximum Gasteiger partial charge on any atom is 0.141 e. The molecule has 20 heavy (non-hydrogen) atoms. The molecular weight excluding hydrogens is 348 g/mol. The van der Waals surface area contributed by atoms with E-state index in [1.165, 1.54) is 12.1 Å². The van der Waals surface area contributed by atoms with Gasteiger partial charge in [0.15, 0.2) is 0 Å². The van der Waals surface area contributed by atoms with Crippen LogP contribution in [0.25, 0.3) is 0 Å². The maximum atomic E-state index is 13.6. The van der Waals surface area contributed by atoms with Crippen LogP contribution < -0.4 is 5.32 Å². The van der Waals surface area contributed by atoms with Crippen LogP contribution in [0.3, 0.4) is 0 Å². The molecule has 0 saturated heterocycles. The van der Waals surface area contributed by atoms with Crippen LogP contribution in [-0.2, 0) is 6.54 Å². The van der Waals surface area contributed by atoms with Gasteiger partial charge in [0.25, 0.3) is 0 Å². The number of rotatable bonds is 4. The van der Waals surface area contributed by atoms with Crippen molar-refractivity contribution in [2.45, 2.75) is 19.5 Å². The third-order valence-corrected chi connectivity index (χ3v) is 3.83. The Kier molecular flexibility index (Phi) is 5.13. The molecule has 1 atom stereocenters. The highest BCUT2D eigenvalue weighted by Crippen LogP contribution is 2.22. The van der Waals surface area contributed by atoms with Crippen molar-refractivity contribution in [3.05, 3.63) is 68.7 Å². The van der Waals surface area contributed by atoms with Crippen molar-refractivity contribution in [1.29, 1.82) is 0 Å². The van der Waals surface area contributed by atoms with Crippen LogP contribution in [-0.4, -0.2) is 0 Å². The van der Waals surface area contributed by atoms with E-state index in [-0.39, 0.29) is 16.9 Å². The Morgan fingerprint density at radius 2 is 1.85 bits per heavy atom. The lowest BCUT2D eigenvalue weighted by Crippen LogP contribution is -2.18. The number of nitrogens with one attached hydrogen (secondary N) is 1. The summed E-state index contributed by atoms with van der Waals surface area (Å²) < 4.78 is 27.5. The minimum absolute atomic E-state index is 0.0634. The molecule has 0 aliphatic rings. The number of hydrogen-bond donors (Lipinski definition) is 1. The van der Waals surface area contributed by atoms with Crippen molar-refractivity contribution in [2.24, 2.45) is 0 Å². The first-order valence-corrected chi connectivity index (χ1v) is 7.26. The van der Waals surface area contributed by atoms with Crippen LogP contribution in [0.15, 0.2) is 40.9 Å². The fourth-order valence-corrected chi connectivity index (χ4v) is 2.44. The summed E-state index contributed by atoms with van der Waals surface area (Å²) in [5.74, 6) is -0.703. The first-order valence-electron chi connectivity index (χ1n) is 6.09. The van der Waals surface area contributed by atoms with E-state index in [2.05, 4.69) is 21.2 Å². The highest BCUT2D eigenvalue weighted by Gasteiger charge is 2.09. The Bertz CT molecular complexity index is 619. The second-order valence-corrected chi connectivity index (χ2v) is 5.83. The van der Waals surface area contributed by atoms with Crippen LogP contribution in [0.2, 0.25) is 5.02 Å². The largest absolute Gasteiger partial charge is 0.306 e. The third kappa shape index (κ3) is 3.78. The van der Waals surface area contributed by atoms with Crippen molar-refractivity contribution < 1.29 is 8.78 Å². The Morgan fingerprint density at radius 1 is 1.15 bits per heavy atom. The van der Waals surface area contributed by atoms with E-state index in [4.69, 9.17) is 11.6 Å². The maximum absolute atomic E-state index is 13.6. The molecule has 1 N–H and O–H groups in total. The van der Waals surface area contributed by atoms with E-state index < -0.39 is 5.82 Å². The summed E-state index contributed by atoms with van der Waals surface area (Å²) in [5, 5.41) is 3.28. The van der Waals surface area contributed by atoms with Gasteiger partial charge in [-0.1, -0.05) is 33.6 Å². The quantitative estimate of drug-likeness (QED) is 0.787. The molecular formula is C15H13BrClF2N. The highest BCUT2D eigenvalue weighted by atomic mass is 79.9. The second-order valence-electron chi connectivity index (χ2n) is 4.51. The van der Waals surface area contributed by atoms with E-state index in [0.717, 1.165) is 10.0 Å². The standard InChI is InChI=1S/C15H13BrClF2N/c1-9(10-2-4-15(19)13(17)7-10)20-8-11-6-12(16)3-5-14(11)18/h2-7,9,20H,8H2,1H3. The van der Waals surface area contributed by atoms with Gasteiger partial charge in [0.2, 0.25) is 0 Å². The molecule has 0 radical (unpaired) electrons. The molecule has 2 aromatic carbocycles. The Labute approximate surface area is 130 Å². The average Bonchev–Trinajstić information content (AvgIpc) is 2.42. The molecule has 0 aliphatic heterocycles. The van der Waals surface area contributed by atoms with Crippen molar-refractivity contribution in [2.75, 3.05) is 0 Å². The second kappa shape index (κ2) is 6.66. The number of halogens is 4. The molecule has 106 valence electrons. The van der Waals surface area contributed by atoms with Crippen LogP contribution in [0.1, 0.15) is 24.1 Å². The molecule has 0 amide bonds. The SMILES string of the molecule is CC(NCc1cc(Br)ccc1F)c1ccc(F)c(Cl)c1. The molecule has 2 rings (SSSR count). The summed E-state index contributed by atoms with van der Waals surface area (Å²) in [6.45, 7) is 2.29. The van der Waals surface area contributed by atoms with E-state index in [1.807, 2.05) is 6.92 Å². The van der Waals surface area contributed by atoms with Gasteiger partial charge in [0.05, 0.1) is 5.02 Å². The molecule has 0 aliphatic carbocycles. The summed E-state index contributed by atoms with van der Waals surface area (Å²) in [5.41, 5.74) is 1.42. The fraction of sp³-hybridized carbons (Fsp3) is 0.200.